The number of nitriles is 1. The predicted molar refractivity (Wildman–Crippen MR) is 54.6 cm³/mol. The molecule has 1 unspecified atom stereocenters. The van der Waals surface area contributed by atoms with E-state index in [0.29, 0.717) is 5.56 Å². The van der Waals surface area contributed by atoms with Crippen molar-refractivity contribution in [3.8, 4) is 6.07 Å². The van der Waals surface area contributed by atoms with Crippen molar-refractivity contribution in [1.29, 1.82) is 5.26 Å². The molecule has 68 valence electrons. The summed E-state index contributed by atoms with van der Waals surface area (Å²) in [5, 5.41) is 14.6. The monoisotopic (exact) mass is 258 g/mol. The van der Waals surface area contributed by atoms with Crippen molar-refractivity contribution in [2.24, 2.45) is 0 Å². The van der Waals surface area contributed by atoms with Gasteiger partial charge in [-0.2, -0.15) is 16.6 Å². The molecule has 1 atom stereocenters. The molecule has 1 amide bonds. The fraction of sp³-hybridized carbons (Fsp3) is 0.250. The third kappa shape index (κ3) is 2.54. The van der Waals surface area contributed by atoms with Gasteiger partial charge in [-0.25, -0.2) is 0 Å². The van der Waals surface area contributed by atoms with Gasteiger partial charge in [0.15, 0.2) is 0 Å². The van der Waals surface area contributed by atoms with Gasteiger partial charge in [-0.15, -0.1) is 0 Å². The second-order valence-corrected chi connectivity index (χ2v) is 4.06. The third-order valence-corrected chi connectivity index (χ3v) is 3.10. The molecule has 3 nitrogen and oxygen atoms in total. The maximum atomic E-state index is 11.4. The van der Waals surface area contributed by atoms with Gasteiger partial charge in [0.1, 0.15) is 6.04 Å². The van der Waals surface area contributed by atoms with Crippen molar-refractivity contribution >= 4 is 33.2 Å². The van der Waals surface area contributed by atoms with Crippen LogP contribution in [0.15, 0.2) is 15.2 Å². The fourth-order valence-electron chi connectivity index (χ4n) is 0.750. The van der Waals surface area contributed by atoms with Crippen LogP contribution in [0.1, 0.15) is 17.3 Å². The zero-order valence-electron chi connectivity index (χ0n) is 6.87. The predicted octanol–water partition coefficient (Wildman–Crippen LogP) is 2.15. The van der Waals surface area contributed by atoms with Crippen LogP contribution in [0.5, 0.6) is 0 Å². The molecular weight excluding hydrogens is 252 g/mol. The first-order valence-corrected chi connectivity index (χ1v) is 5.31. The Morgan fingerprint density at radius 2 is 2.46 bits per heavy atom. The lowest BCUT2D eigenvalue weighted by Gasteiger charge is -2.04. The SMILES string of the molecule is CC(C#N)NC(=O)c1cscc1Br. The van der Waals surface area contributed by atoms with Crippen LogP contribution in [0.4, 0.5) is 0 Å². The Hall–Kier alpha value is -0.860. The highest BCUT2D eigenvalue weighted by Gasteiger charge is 2.12. The minimum Gasteiger partial charge on any atom is -0.336 e. The number of hydrogen-bond donors (Lipinski definition) is 1. The van der Waals surface area contributed by atoms with Gasteiger partial charge in [-0.3, -0.25) is 4.79 Å². The molecule has 1 aromatic heterocycles. The van der Waals surface area contributed by atoms with Gasteiger partial charge >= 0.3 is 0 Å². The Kier molecular flexibility index (Phi) is 3.46. The van der Waals surface area contributed by atoms with Gasteiger partial charge in [0.2, 0.25) is 0 Å². The molecule has 1 heterocycles. The van der Waals surface area contributed by atoms with Crippen molar-refractivity contribution in [2.75, 3.05) is 0 Å². The molecule has 0 aromatic carbocycles. The molecule has 0 saturated heterocycles. The molecule has 13 heavy (non-hydrogen) atoms. The van der Waals surface area contributed by atoms with Crippen LogP contribution in [0, 0.1) is 11.3 Å². The van der Waals surface area contributed by atoms with Crippen molar-refractivity contribution < 1.29 is 4.79 Å². The van der Waals surface area contributed by atoms with Gasteiger partial charge in [0, 0.05) is 15.2 Å². The molecule has 1 rings (SSSR count). The van der Waals surface area contributed by atoms with E-state index in [1.807, 2.05) is 11.4 Å². The van der Waals surface area contributed by atoms with Crippen molar-refractivity contribution in [2.45, 2.75) is 13.0 Å². The fourth-order valence-corrected chi connectivity index (χ4v) is 2.20. The number of nitrogens with zero attached hydrogens (tertiary/aromatic N) is 1. The Morgan fingerprint density at radius 1 is 1.77 bits per heavy atom. The molecule has 0 bridgehead atoms. The minimum atomic E-state index is -0.459. The highest BCUT2D eigenvalue weighted by Crippen LogP contribution is 2.20. The number of carbonyl (C=O) groups is 1. The van der Waals surface area contributed by atoms with E-state index in [-0.39, 0.29) is 5.91 Å². The van der Waals surface area contributed by atoms with Crippen molar-refractivity contribution in [3.63, 3.8) is 0 Å². The number of thiophene rings is 1. The Bertz CT molecular complexity index is 355. The van der Waals surface area contributed by atoms with E-state index < -0.39 is 6.04 Å². The molecule has 1 N–H and O–H groups in total. The normalized spacial score (nSPS) is 11.8. The molecule has 0 aliphatic rings. The second kappa shape index (κ2) is 4.40. The van der Waals surface area contributed by atoms with E-state index in [0.717, 1.165) is 4.47 Å². The highest BCUT2D eigenvalue weighted by molar-refractivity contribution is 9.10. The van der Waals surface area contributed by atoms with Crippen LogP contribution < -0.4 is 5.32 Å². The summed E-state index contributed by atoms with van der Waals surface area (Å²) in [5.41, 5.74) is 0.576. The van der Waals surface area contributed by atoms with Crippen LogP contribution in [0.2, 0.25) is 0 Å². The summed E-state index contributed by atoms with van der Waals surface area (Å²) in [6, 6.07) is 1.47. The minimum absolute atomic E-state index is 0.220. The highest BCUT2D eigenvalue weighted by atomic mass is 79.9. The maximum absolute atomic E-state index is 11.4. The van der Waals surface area contributed by atoms with Crippen LogP contribution in [-0.2, 0) is 0 Å². The maximum Gasteiger partial charge on any atom is 0.254 e. The third-order valence-electron chi connectivity index (χ3n) is 1.40. The summed E-state index contributed by atoms with van der Waals surface area (Å²) in [4.78, 5) is 11.4. The number of amides is 1. The average Bonchev–Trinajstić information content (AvgIpc) is 2.51. The van der Waals surface area contributed by atoms with Gasteiger partial charge in [0.25, 0.3) is 5.91 Å². The topological polar surface area (TPSA) is 52.9 Å². The lowest BCUT2D eigenvalue weighted by Crippen LogP contribution is -2.31. The average molecular weight is 259 g/mol. The first kappa shape index (κ1) is 10.2. The van der Waals surface area contributed by atoms with Crippen LogP contribution >= 0.6 is 27.3 Å². The zero-order valence-corrected chi connectivity index (χ0v) is 9.28. The van der Waals surface area contributed by atoms with E-state index in [9.17, 15) is 4.79 Å². The van der Waals surface area contributed by atoms with Crippen molar-refractivity contribution in [1.82, 2.24) is 5.32 Å². The first-order valence-electron chi connectivity index (χ1n) is 3.57. The van der Waals surface area contributed by atoms with Crippen LogP contribution in [-0.4, -0.2) is 11.9 Å². The van der Waals surface area contributed by atoms with Crippen molar-refractivity contribution in [3.05, 3.63) is 20.8 Å². The molecule has 0 saturated carbocycles. The first-order chi connectivity index (χ1) is 6.15. The summed E-state index contributed by atoms with van der Waals surface area (Å²) < 4.78 is 0.764. The molecule has 0 aliphatic heterocycles. The molecular formula is C8H7BrN2OS. The summed E-state index contributed by atoms with van der Waals surface area (Å²) >= 11 is 4.68. The smallest absolute Gasteiger partial charge is 0.254 e. The lowest BCUT2D eigenvalue weighted by molar-refractivity contribution is 0.0947. The summed E-state index contributed by atoms with van der Waals surface area (Å²) in [6.07, 6.45) is 0. The summed E-state index contributed by atoms with van der Waals surface area (Å²) in [6.45, 7) is 1.64. The van der Waals surface area contributed by atoms with Crippen LogP contribution in [0.25, 0.3) is 0 Å². The number of halogens is 1. The molecule has 0 fully saturated rings. The number of rotatable bonds is 2. The second-order valence-electron chi connectivity index (χ2n) is 2.46. The number of nitrogens with one attached hydrogen (secondary N) is 1. The van der Waals surface area contributed by atoms with E-state index in [1.54, 1.807) is 12.3 Å². The Labute approximate surface area is 88.5 Å². The number of hydrogen-bond acceptors (Lipinski definition) is 3. The Balaban J connectivity index is 2.71. The van der Waals surface area contributed by atoms with E-state index in [2.05, 4.69) is 21.2 Å². The van der Waals surface area contributed by atoms with E-state index in [4.69, 9.17) is 5.26 Å². The van der Waals surface area contributed by atoms with E-state index >= 15 is 0 Å². The number of carbonyl (C=O) groups excluding carboxylic acids is 1. The zero-order chi connectivity index (χ0) is 9.84. The van der Waals surface area contributed by atoms with Crippen LogP contribution in [0.3, 0.4) is 0 Å². The lowest BCUT2D eigenvalue weighted by atomic mass is 10.3. The van der Waals surface area contributed by atoms with Gasteiger partial charge < -0.3 is 5.32 Å². The van der Waals surface area contributed by atoms with Gasteiger partial charge in [0.05, 0.1) is 11.6 Å². The van der Waals surface area contributed by atoms with E-state index in [1.165, 1.54) is 11.3 Å². The quantitative estimate of drug-likeness (QED) is 0.884. The Morgan fingerprint density at radius 3 is 2.92 bits per heavy atom. The summed E-state index contributed by atoms with van der Waals surface area (Å²) in [7, 11) is 0. The largest absolute Gasteiger partial charge is 0.336 e. The van der Waals surface area contributed by atoms with Gasteiger partial charge in [-0.1, -0.05) is 0 Å². The van der Waals surface area contributed by atoms with Gasteiger partial charge in [-0.05, 0) is 22.9 Å². The molecule has 0 spiro atoms. The standard InChI is InChI=1S/C8H7BrN2OS/c1-5(2-10)11-8(12)6-3-13-4-7(6)9/h3-5H,1H3,(H,11,12). The summed E-state index contributed by atoms with van der Waals surface area (Å²) in [5.74, 6) is -0.220. The molecule has 0 radical (unpaired) electrons. The molecule has 5 heteroatoms. The molecule has 1 aromatic rings. The molecule has 0 aliphatic carbocycles.